The summed E-state index contributed by atoms with van der Waals surface area (Å²) in [6, 6.07) is 11.3. The van der Waals surface area contributed by atoms with Crippen LogP contribution in [0.1, 0.15) is 16.2 Å². The van der Waals surface area contributed by atoms with Crippen molar-refractivity contribution in [1.82, 2.24) is 4.98 Å². The fraction of sp³-hybridized carbons (Fsp3) is 0.0588. The molecule has 0 radical (unpaired) electrons. The molecule has 0 spiro atoms. The second kappa shape index (κ2) is 6.34. The lowest BCUT2D eigenvalue weighted by molar-refractivity contribution is 0.0991. The summed E-state index contributed by atoms with van der Waals surface area (Å²) >= 11 is 3.37. The quantitative estimate of drug-likeness (QED) is 0.715. The van der Waals surface area contributed by atoms with Gasteiger partial charge in [0.15, 0.2) is 5.76 Å². The zero-order chi connectivity index (χ0) is 16.4. The maximum atomic E-state index is 12.9. The molecule has 0 aliphatic carbocycles. The first-order valence-electron chi connectivity index (χ1n) is 6.82. The van der Waals surface area contributed by atoms with E-state index in [0.29, 0.717) is 17.0 Å². The van der Waals surface area contributed by atoms with Crippen molar-refractivity contribution in [2.45, 2.75) is 6.92 Å². The van der Waals surface area contributed by atoms with E-state index in [1.165, 1.54) is 18.3 Å². The van der Waals surface area contributed by atoms with Crippen molar-refractivity contribution in [2.75, 3.05) is 5.32 Å². The predicted molar refractivity (Wildman–Crippen MR) is 88.7 cm³/mol. The summed E-state index contributed by atoms with van der Waals surface area (Å²) in [6.07, 6.45) is 1.44. The number of rotatable bonds is 3. The first kappa shape index (κ1) is 15.4. The van der Waals surface area contributed by atoms with Gasteiger partial charge in [-0.25, -0.2) is 9.37 Å². The van der Waals surface area contributed by atoms with Crippen molar-refractivity contribution in [3.8, 4) is 11.3 Å². The van der Waals surface area contributed by atoms with Gasteiger partial charge in [-0.2, -0.15) is 0 Å². The van der Waals surface area contributed by atoms with Crippen LogP contribution in [0.5, 0.6) is 0 Å². The van der Waals surface area contributed by atoms with Crippen LogP contribution in [0, 0.1) is 12.7 Å². The summed E-state index contributed by atoms with van der Waals surface area (Å²) in [6.45, 7) is 1.89. The lowest BCUT2D eigenvalue weighted by atomic mass is 10.2. The molecule has 1 aromatic heterocycles. The third-order valence-electron chi connectivity index (χ3n) is 3.27. The lowest BCUT2D eigenvalue weighted by Crippen LogP contribution is -2.13. The molecular weight excluding hydrogens is 363 g/mol. The monoisotopic (exact) mass is 374 g/mol. The molecule has 0 bridgehead atoms. The number of benzene rings is 2. The van der Waals surface area contributed by atoms with Gasteiger partial charge in [-0.05, 0) is 55.0 Å². The van der Waals surface area contributed by atoms with Gasteiger partial charge in [0.05, 0.1) is 6.20 Å². The molecule has 0 saturated carbocycles. The first-order chi connectivity index (χ1) is 11.0. The summed E-state index contributed by atoms with van der Waals surface area (Å²) < 4.78 is 19.3. The molecule has 0 aliphatic heterocycles. The van der Waals surface area contributed by atoms with Crippen molar-refractivity contribution >= 4 is 27.5 Å². The highest BCUT2D eigenvalue weighted by Gasteiger charge is 2.15. The topological polar surface area (TPSA) is 55.1 Å². The molecule has 1 heterocycles. The summed E-state index contributed by atoms with van der Waals surface area (Å²) in [4.78, 5) is 16.2. The Morgan fingerprint density at radius 2 is 1.96 bits per heavy atom. The fourth-order valence-electron chi connectivity index (χ4n) is 2.07. The molecule has 2 aromatic carbocycles. The second-order valence-corrected chi connectivity index (χ2v) is 5.87. The first-order valence-corrected chi connectivity index (χ1v) is 7.61. The van der Waals surface area contributed by atoms with Crippen molar-refractivity contribution in [3.05, 3.63) is 70.4 Å². The third kappa shape index (κ3) is 3.48. The van der Waals surface area contributed by atoms with Crippen LogP contribution in [0.25, 0.3) is 11.3 Å². The number of halogens is 2. The molecule has 1 N–H and O–H groups in total. The Labute approximate surface area is 140 Å². The molecule has 0 fully saturated rings. The minimum atomic E-state index is -0.441. The van der Waals surface area contributed by atoms with Gasteiger partial charge in [0.1, 0.15) is 5.82 Å². The maximum absolute atomic E-state index is 12.9. The van der Waals surface area contributed by atoms with Crippen LogP contribution in [0.3, 0.4) is 0 Å². The Kier molecular flexibility index (Phi) is 4.25. The molecule has 1 amide bonds. The number of aromatic nitrogens is 1. The Bertz CT molecular complexity index is 859. The highest BCUT2D eigenvalue weighted by molar-refractivity contribution is 9.10. The van der Waals surface area contributed by atoms with Gasteiger partial charge in [0.2, 0.25) is 0 Å². The molecule has 116 valence electrons. The van der Waals surface area contributed by atoms with Crippen molar-refractivity contribution in [3.63, 3.8) is 0 Å². The minimum Gasteiger partial charge on any atom is -0.432 e. The van der Waals surface area contributed by atoms with Crippen LogP contribution in [0.4, 0.5) is 10.1 Å². The summed E-state index contributed by atoms with van der Waals surface area (Å²) in [7, 11) is 0. The number of carbonyl (C=O) groups is 1. The molecular formula is C17H12BrFN2O2. The zero-order valence-electron chi connectivity index (χ0n) is 12.1. The van der Waals surface area contributed by atoms with E-state index in [0.717, 1.165) is 10.0 Å². The SMILES string of the molecule is Cc1cc(Br)ccc1NC(=O)c1ncc(-c2ccc(F)cc2)o1. The molecule has 0 atom stereocenters. The Morgan fingerprint density at radius 1 is 1.22 bits per heavy atom. The smallest absolute Gasteiger partial charge is 0.311 e. The van der Waals surface area contributed by atoms with Gasteiger partial charge >= 0.3 is 5.91 Å². The number of nitrogens with one attached hydrogen (secondary N) is 1. The average Bonchev–Trinajstić information content (AvgIpc) is 3.01. The standard InChI is InChI=1S/C17H12BrFN2O2/c1-10-8-12(18)4-7-14(10)21-16(22)17-20-9-15(23-17)11-2-5-13(19)6-3-11/h2-9H,1H3,(H,21,22). The second-order valence-electron chi connectivity index (χ2n) is 4.95. The number of anilines is 1. The van der Waals surface area contributed by atoms with Crippen molar-refractivity contribution in [1.29, 1.82) is 0 Å². The van der Waals surface area contributed by atoms with E-state index in [9.17, 15) is 9.18 Å². The van der Waals surface area contributed by atoms with Gasteiger partial charge in [-0.1, -0.05) is 15.9 Å². The van der Waals surface area contributed by atoms with Crippen LogP contribution < -0.4 is 5.32 Å². The van der Waals surface area contributed by atoms with E-state index < -0.39 is 5.91 Å². The number of hydrogen-bond acceptors (Lipinski definition) is 3. The number of aryl methyl sites for hydroxylation is 1. The zero-order valence-corrected chi connectivity index (χ0v) is 13.7. The van der Waals surface area contributed by atoms with E-state index in [4.69, 9.17) is 4.42 Å². The predicted octanol–water partition coefficient (Wildman–Crippen LogP) is 4.80. The van der Waals surface area contributed by atoms with Gasteiger partial charge in [0.25, 0.3) is 5.89 Å². The third-order valence-corrected chi connectivity index (χ3v) is 3.76. The average molecular weight is 375 g/mol. The van der Waals surface area contributed by atoms with Gasteiger partial charge in [-0.3, -0.25) is 4.79 Å². The normalized spacial score (nSPS) is 10.6. The number of amides is 1. The highest BCUT2D eigenvalue weighted by Crippen LogP contribution is 2.23. The fourth-order valence-corrected chi connectivity index (χ4v) is 2.55. The van der Waals surface area contributed by atoms with E-state index in [1.807, 2.05) is 19.1 Å². The van der Waals surface area contributed by atoms with Gasteiger partial charge < -0.3 is 9.73 Å². The van der Waals surface area contributed by atoms with E-state index in [1.54, 1.807) is 18.2 Å². The Hall–Kier alpha value is -2.47. The summed E-state index contributed by atoms with van der Waals surface area (Å²) in [5.41, 5.74) is 2.25. The molecule has 0 saturated heterocycles. The molecule has 0 unspecified atom stereocenters. The van der Waals surface area contributed by atoms with Crippen LogP contribution in [0.15, 0.2) is 57.6 Å². The van der Waals surface area contributed by atoms with Gasteiger partial charge in [0, 0.05) is 15.7 Å². The molecule has 3 rings (SSSR count). The molecule has 6 heteroatoms. The summed E-state index contributed by atoms with van der Waals surface area (Å²) in [5, 5.41) is 2.75. The maximum Gasteiger partial charge on any atom is 0.311 e. The minimum absolute atomic E-state index is 0.0494. The number of hydrogen-bond donors (Lipinski definition) is 1. The molecule has 23 heavy (non-hydrogen) atoms. The highest BCUT2D eigenvalue weighted by atomic mass is 79.9. The van der Waals surface area contributed by atoms with Crippen LogP contribution >= 0.6 is 15.9 Å². The van der Waals surface area contributed by atoms with Crippen LogP contribution in [0.2, 0.25) is 0 Å². The Balaban J connectivity index is 1.79. The van der Waals surface area contributed by atoms with Crippen molar-refractivity contribution < 1.29 is 13.6 Å². The lowest BCUT2D eigenvalue weighted by Gasteiger charge is -2.06. The molecule has 0 aliphatic rings. The number of carbonyl (C=O) groups excluding carboxylic acids is 1. The van der Waals surface area contributed by atoms with E-state index in [-0.39, 0.29) is 11.7 Å². The summed E-state index contributed by atoms with van der Waals surface area (Å²) in [5.74, 6) is -0.421. The Morgan fingerprint density at radius 3 is 2.65 bits per heavy atom. The van der Waals surface area contributed by atoms with Crippen LogP contribution in [-0.4, -0.2) is 10.9 Å². The van der Waals surface area contributed by atoms with E-state index >= 15 is 0 Å². The van der Waals surface area contributed by atoms with Gasteiger partial charge in [-0.15, -0.1) is 0 Å². The van der Waals surface area contributed by atoms with Crippen molar-refractivity contribution in [2.24, 2.45) is 0 Å². The molecule has 3 aromatic rings. The van der Waals surface area contributed by atoms with Crippen LogP contribution in [-0.2, 0) is 0 Å². The molecule has 4 nitrogen and oxygen atoms in total. The number of oxazole rings is 1. The number of nitrogens with zero attached hydrogens (tertiary/aromatic N) is 1. The largest absolute Gasteiger partial charge is 0.432 e. The van der Waals surface area contributed by atoms with E-state index in [2.05, 4.69) is 26.2 Å².